The first-order valence-corrected chi connectivity index (χ1v) is 5.94. The van der Waals surface area contributed by atoms with E-state index in [9.17, 15) is 4.79 Å². The third kappa shape index (κ3) is 3.66. The lowest BCUT2D eigenvalue weighted by atomic mass is 10.1. The second-order valence-corrected chi connectivity index (χ2v) is 4.20. The summed E-state index contributed by atoms with van der Waals surface area (Å²) in [7, 11) is 0. The van der Waals surface area contributed by atoms with Crippen LogP contribution in [-0.4, -0.2) is 5.91 Å². The molecular formula is C12H14INO. The molecule has 15 heavy (non-hydrogen) atoms. The summed E-state index contributed by atoms with van der Waals surface area (Å²) < 4.78 is 1.88. The van der Waals surface area contributed by atoms with Crippen LogP contribution in [0.25, 0.3) is 5.70 Å². The van der Waals surface area contributed by atoms with Crippen molar-refractivity contribution in [2.75, 3.05) is 0 Å². The number of carbonyl (C=O) groups is 1. The molecule has 0 bridgehead atoms. The molecule has 0 unspecified atom stereocenters. The normalized spacial score (nSPS) is 11.3. The molecule has 1 amide bonds. The zero-order valence-corrected chi connectivity index (χ0v) is 11.3. The zero-order valence-electron chi connectivity index (χ0n) is 9.10. The van der Waals surface area contributed by atoms with Gasteiger partial charge in [0.15, 0.2) is 0 Å². The Kier molecular flexibility index (Phi) is 4.32. The Morgan fingerprint density at radius 2 is 1.80 bits per heavy atom. The van der Waals surface area contributed by atoms with Crippen LogP contribution in [0.1, 0.15) is 23.6 Å². The number of benzene rings is 1. The molecule has 2 nitrogen and oxygen atoms in total. The van der Waals surface area contributed by atoms with Crippen molar-refractivity contribution in [1.29, 1.82) is 0 Å². The average Bonchev–Trinajstić information content (AvgIpc) is 2.12. The third-order valence-corrected chi connectivity index (χ3v) is 2.58. The molecule has 0 atom stereocenters. The summed E-state index contributed by atoms with van der Waals surface area (Å²) in [5, 5.41) is 2.81. The first kappa shape index (κ1) is 12.2. The van der Waals surface area contributed by atoms with E-state index in [1.807, 2.05) is 4.08 Å². The Balaban J connectivity index is 3.07. The van der Waals surface area contributed by atoms with Crippen molar-refractivity contribution in [1.82, 2.24) is 5.32 Å². The van der Waals surface area contributed by atoms with Gasteiger partial charge in [0.2, 0.25) is 5.91 Å². The monoisotopic (exact) mass is 315 g/mol. The lowest BCUT2D eigenvalue weighted by Gasteiger charge is -2.09. The summed E-state index contributed by atoms with van der Waals surface area (Å²) in [5.41, 5.74) is 4.31. The molecule has 0 aliphatic carbocycles. The maximum absolute atomic E-state index is 11.0. The molecule has 0 aliphatic heterocycles. The molecule has 0 saturated carbocycles. The van der Waals surface area contributed by atoms with Crippen molar-refractivity contribution >= 4 is 34.2 Å². The molecule has 0 heterocycles. The second kappa shape index (κ2) is 5.30. The van der Waals surface area contributed by atoms with Crippen LogP contribution in [0.15, 0.2) is 22.3 Å². The van der Waals surface area contributed by atoms with Gasteiger partial charge >= 0.3 is 0 Å². The molecule has 0 aromatic heterocycles. The number of carbonyl (C=O) groups excluding carboxylic acids is 1. The van der Waals surface area contributed by atoms with Gasteiger partial charge in [-0.05, 0) is 31.5 Å². The number of hydrogen-bond donors (Lipinski definition) is 1. The number of hydrogen-bond acceptors (Lipinski definition) is 1. The van der Waals surface area contributed by atoms with Crippen LogP contribution in [0.3, 0.4) is 0 Å². The number of rotatable bonds is 2. The van der Waals surface area contributed by atoms with Crippen LogP contribution in [0.4, 0.5) is 0 Å². The van der Waals surface area contributed by atoms with E-state index in [1.54, 1.807) is 0 Å². The summed E-state index contributed by atoms with van der Waals surface area (Å²) in [6.07, 6.45) is 0. The summed E-state index contributed by atoms with van der Waals surface area (Å²) in [6, 6.07) is 6.24. The van der Waals surface area contributed by atoms with E-state index in [2.05, 4.69) is 60.0 Å². The van der Waals surface area contributed by atoms with Crippen LogP contribution >= 0.6 is 22.6 Å². The smallest absolute Gasteiger partial charge is 0.221 e. The highest BCUT2D eigenvalue weighted by atomic mass is 127. The molecule has 0 aliphatic rings. The van der Waals surface area contributed by atoms with Crippen molar-refractivity contribution < 1.29 is 4.79 Å². The topological polar surface area (TPSA) is 29.1 Å². The Labute approximate surface area is 104 Å². The minimum Gasteiger partial charge on any atom is -0.325 e. The van der Waals surface area contributed by atoms with Gasteiger partial charge in [0.1, 0.15) is 0 Å². The predicted molar refractivity (Wildman–Crippen MR) is 71.7 cm³/mol. The van der Waals surface area contributed by atoms with Gasteiger partial charge in [-0.1, -0.05) is 39.8 Å². The van der Waals surface area contributed by atoms with E-state index < -0.39 is 0 Å². The summed E-state index contributed by atoms with van der Waals surface area (Å²) in [5.74, 6) is -0.0444. The Bertz CT molecular complexity index is 390. The lowest BCUT2D eigenvalue weighted by molar-refractivity contribution is -0.117. The maximum Gasteiger partial charge on any atom is 0.221 e. The van der Waals surface area contributed by atoms with Gasteiger partial charge in [-0.3, -0.25) is 4.79 Å². The van der Waals surface area contributed by atoms with Crippen LogP contribution in [0, 0.1) is 13.8 Å². The minimum absolute atomic E-state index is 0.0444. The van der Waals surface area contributed by atoms with E-state index in [0.717, 1.165) is 11.3 Å². The van der Waals surface area contributed by atoms with Gasteiger partial charge in [-0.2, -0.15) is 0 Å². The van der Waals surface area contributed by atoms with Gasteiger partial charge in [0.25, 0.3) is 0 Å². The molecular weight excluding hydrogens is 301 g/mol. The van der Waals surface area contributed by atoms with Crippen molar-refractivity contribution in [2.45, 2.75) is 20.8 Å². The fourth-order valence-electron chi connectivity index (χ4n) is 1.48. The maximum atomic E-state index is 11.0. The molecule has 1 N–H and O–H groups in total. The molecule has 0 radical (unpaired) electrons. The van der Waals surface area contributed by atoms with Crippen molar-refractivity contribution in [3.63, 3.8) is 0 Å². The predicted octanol–water partition coefficient (Wildman–Crippen LogP) is 3.17. The quantitative estimate of drug-likeness (QED) is 0.835. The molecule has 80 valence electrons. The lowest BCUT2D eigenvalue weighted by Crippen LogP contribution is -2.17. The van der Waals surface area contributed by atoms with Gasteiger partial charge in [0.05, 0.1) is 5.70 Å². The van der Waals surface area contributed by atoms with Crippen LogP contribution in [-0.2, 0) is 4.79 Å². The van der Waals surface area contributed by atoms with Gasteiger partial charge in [0, 0.05) is 11.0 Å². The standard InChI is InChI=1S/C12H14INO/c1-8-4-9(2)6-11(5-8)12(7-13)14-10(3)15/h4-7H,1-3H3,(H,14,15)/b12-7-. The summed E-state index contributed by atoms with van der Waals surface area (Å²) in [6.45, 7) is 5.62. The molecule has 3 heteroatoms. The highest BCUT2D eigenvalue weighted by Gasteiger charge is 2.03. The van der Waals surface area contributed by atoms with Crippen molar-refractivity contribution in [3.05, 3.63) is 39.0 Å². The van der Waals surface area contributed by atoms with Gasteiger partial charge < -0.3 is 5.32 Å². The highest BCUT2D eigenvalue weighted by Crippen LogP contribution is 2.17. The molecule has 0 spiro atoms. The van der Waals surface area contributed by atoms with E-state index in [0.29, 0.717) is 0 Å². The van der Waals surface area contributed by atoms with E-state index >= 15 is 0 Å². The second-order valence-electron chi connectivity index (χ2n) is 3.58. The number of halogens is 1. The molecule has 0 saturated heterocycles. The number of aryl methyl sites for hydroxylation is 2. The Hall–Kier alpha value is -0.840. The Morgan fingerprint density at radius 1 is 1.27 bits per heavy atom. The minimum atomic E-state index is -0.0444. The average molecular weight is 315 g/mol. The van der Waals surface area contributed by atoms with Crippen LogP contribution in [0.2, 0.25) is 0 Å². The molecule has 1 aromatic carbocycles. The first-order chi connectivity index (χ1) is 7.02. The van der Waals surface area contributed by atoms with Crippen molar-refractivity contribution in [2.24, 2.45) is 0 Å². The molecule has 0 fully saturated rings. The van der Waals surface area contributed by atoms with Crippen LogP contribution < -0.4 is 5.32 Å². The zero-order chi connectivity index (χ0) is 11.4. The largest absolute Gasteiger partial charge is 0.325 e. The fourth-order valence-corrected chi connectivity index (χ4v) is 2.00. The van der Waals surface area contributed by atoms with Gasteiger partial charge in [-0.25, -0.2) is 0 Å². The SMILES string of the molecule is CC(=O)N/C(=C\I)c1cc(C)cc(C)c1. The summed E-state index contributed by atoms with van der Waals surface area (Å²) >= 11 is 2.13. The van der Waals surface area contributed by atoms with E-state index in [-0.39, 0.29) is 5.91 Å². The Morgan fingerprint density at radius 3 is 2.20 bits per heavy atom. The third-order valence-electron chi connectivity index (χ3n) is 1.95. The number of amides is 1. The summed E-state index contributed by atoms with van der Waals surface area (Å²) in [4.78, 5) is 11.0. The van der Waals surface area contributed by atoms with Crippen LogP contribution in [0.5, 0.6) is 0 Å². The number of nitrogens with one attached hydrogen (secondary N) is 1. The van der Waals surface area contributed by atoms with Crippen molar-refractivity contribution in [3.8, 4) is 0 Å². The fraction of sp³-hybridized carbons (Fsp3) is 0.250. The molecule has 1 aromatic rings. The highest BCUT2D eigenvalue weighted by molar-refractivity contribution is 14.1. The van der Waals surface area contributed by atoms with E-state index in [4.69, 9.17) is 0 Å². The van der Waals surface area contributed by atoms with E-state index in [1.165, 1.54) is 18.1 Å². The molecule has 1 rings (SSSR count). The van der Waals surface area contributed by atoms with Gasteiger partial charge in [-0.15, -0.1) is 0 Å². The first-order valence-electron chi connectivity index (χ1n) is 4.69.